The van der Waals surface area contributed by atoms with Gasteiger partial charge in [-0.2, -0.15) is 0 Å². The molecule has 0 aromatic heterocycles. The highest BCUT2D eigenvalue weighted by Gasteiger charge is 2.24. The van der Waals surface area contributed by atoms with E-state index in [1.807, 2.05) is 6.07 Å². The number of piperidine rings is 1. The number of rotatable bonds is 5. The van der Waals surface area contributed by atoms with Crippen LogP contribution in [0.5, 0.6) is 0 Å². The average molecular weight is 343 g/mol. The lowest BCUT2D eigenvalue weighted by Gasteiger charge is -2.29. The maximum absolute atomic E-state index is 9.52. The van der Waals surface area contributed by atoms with Gasteiger partial charge in [0.25, 0.3) is 0 Å². The van der Waals surface area contributed by atoms with E-state index >= 15 is 0 Å². The van der Waals surface area contributed by atoms with Crippen molar-refractivity contribution < 1.29 is 5.11 Å². The van der Waals surface area contributed by atoms with Gasteiger partial charge in [0, 0.05) is 29.2 Å². The second kappa shape index (κ2) is 7.50. The fourth-order valence-electron chi connectivity index (χ4n) is 3.58. The van der Waals surface area contributed by atoms with Crippen molar-refractivity contribution in [1.82, 2.24) is 10.2 Å². The van der Waals surface area contributed by atoms with E-state index < -0.39 is 0 Å². The van der Waals surface area contributed by atoms with E-state index in [-0.39, 0.29) is 6.10 Å². The second-order valence-electron chi connectivity index (χ2n) is 6.43. The van der Waals surface area contributed by atoms with E-state index in [0.29, 0.717) is 6.04 Å². The van der Waals surface area contributed by atoms with Gasteiger partial charge in [0.15, 0.2) is 0 Å². The van der Waals surface area contributed by atoms with Gasteiger partial charge in [-0.15, -0.1) is 0 Å². The summed E-state index contributed by atoms with van der Waals surface area (Å²) in [5.74, 6) is 0. The van der Waals surface area contributed by atoms with Crippen molar-refractivity contribution in [3.63, 3.8) is 0 Å². The number of nitrogens with one attached hydrogen (secondary N) is 1. The third-order valence-electron chi connectivity index (χ3n) is 4.85. The van der Waals surface area contributed by atoms with Gasteiger partial charge in [0.05, 0.1) is 6.10 Å². The largest absolute Gasteiger partial charge is 0.393 e. The summed E-state index contributed by atoms with van der Waals surface area (Å²) in [6.45, 7) is 4.17. The zero-order chi connectivity index (χ0) is 15.5. The molecule has 1 aliphatic heterocycles. The fraction of sp³-hybridized carbons (Fsp3) is 0.647. The first-order valence-corrected chi connectivity index (χ1v) is 9.00. The molecule has 0 bridgehead atoms. The summed E-state index contributed by atoms with van der Waals surface area (Å²) in [5.41, 5.74) is 2.53. The third-order valence-corrected chi connectivity index (χ3v) is 5.41. The van der Waals surface area contributed by atoms with Gasteiger partial charge in [-0.05, 0) is 68.5 Å². The van der Waals surface area contributed by atoms with Crippen molar-refractivity contribution in [1.29, 1.82) is 0 Å². The number of aliphatic hydroxyl groups excluding tert-OH is 1. The molecule has 3 rings (SSSR count). The van der Waals surface area contributed by atoms with Gasteiger partial charge in [-0.25, -0.2) is 0 Å². The molecule has 1 unspecified atom stereocenters. The number of nitrogens with zero attached hydrogens (tertiary/aromatic N) is 1. The summed E-state index contributed by atoms with van der Waals surface area (Å²) in [6, 6.07) is 4.28. The van der Waals surface area contributed by atoms with E-state index in [1.165, 1.54) is 11.1 Å². The Bertz CT molecular complexity index is 516. The predicted octanol–water partition coefficient (Wildman–Crippen LogP) is 3.42. The van der Waals surface area contributed by atoms with Crippen LogP contribution in [0.1, 0.15) is 42.9 Å². The van der Waals surface area contributed by atoms with Gasteiger partial charge in [-0.3, -0.25) is 0 Å². The normalized spacial score (nSPS) is 23.0. The second-order valence-corrected chi connectivity index (χ2v) is 7.27. The highest BCUT2D eigenvalue weighted by Crippen LogP contribution is 2.37. The van der Waals surface area contributed by atoms with E-state index in [9.17, 15) is 5.11 Å². The van der Waals surface area contributed by atoms with Crippen LogP contribution in [0.25, 0.3) is 0 Å². The lowest BCUT2D eigenvalue weighted by molar-refractivity contribution is 0.0820. The molecule has 1 saturated heterocycles. The zero-order valence-electron chi connectivity index (χ0n) is 12.8. The lowest BCUT2D eigenvalue weighted by Crippen LogP contribution is -2.37. The summed E-state index contributed by atoms with van der Waals surface area (Å²) in [7, 11) is 0. The van der Waals surface area contributed by atoms with Crippen molar-refractivity contribution in [2.24, 2.45) is 0 Å². The van der Waals surface area contributed by atoms with Crippen molar-refractivity contribution >= 4 is 23.2 Å². The molecule has 1 fully saturated rings. The summed E-state index contributed by atoms with van der Waals surface area (Å²) < 4.78 is 0. The molecule has 0 saturated carbocycles. The Kier molecular flexibility index (Phi) is 5.64. The van der Waals surface area contributed by atoms with E-state index in [4.69, 9.17) is 23.2 Å². The molecular weight excluding hydrogens is 319 g/mol. The molecule has 3 nitrogen and oxygen atoms in total. The van der Waals surface area contributed by atoms with Crippen LogP contribution < -0.4 is 5.32 Å². The molecular formula is C17H24Cl2N2O. The number of halogens is 2. The SMILES string of the molecule is OC1CCN(CCCNC2CCc3c(Cl)cc(Cl)cc32)CC1. The van der Waals surface area contributed by atoms with Crippen LogP contribution in [-0.2, 0) is 6.42 Å². The Morgan fingerprint density at radius 1 is 1.18 bits per heavy atom. The lowest BCUT2D eigenvalue weighted by atomic mass is 10.1. The molecule has 122 valence electrons. The average Bonchev–Trinajstić information content (AvgIpc) is 2.89. The number of fused-ring (bicyclic) bond motifs is 1. The number of hydrogen-bond acceptors (Lipinski definition) is 3. The van der Waals surface area contributed by atoms with Crippen LogP contribution in [0.2, 0.25) is 10.0 Å². The highest BCUT2D eigenvalue weighted by atomic mass is 35.5. The van der Waals surface area contributed by atoms with Gasteiger partial charge in [0.2, 0.25) is 0 Å². The minimum Gasteiger partial charge on any atom is -0.393 e. The van der Waals surface area contributed by atoms with Crippen LogP contribution in [0.3, 0.4) is 0 Å². The third kappa shape index (κ3) is 3.95. The predicted molar refractivity (Wildman–Crippen MR) is 91.8 cm³/mol. The quantitative estimate of drug-likeness (QED) is 0.805. The summed E-state index contributed by atoms with van der Waals surface area (Å²) >= 11 is 12.4. The minimum atomic E-state index is -0.0844. The summed E-state index contributed by atoms with van der Waals surface area (Å²) in [5, 5.41) is 14.7. The van der Waals surface area contributed by atoms with Crippen molar-refractivity contribution in [2.45, 2.75) is 44.2 Å². The Morgan fingerprint density at radius 2 is 1.95 bits per heavy atom. The van der Waals surface area contributed by atoms with Gasteiger partial charge in [0.1, 0.15) is 0 Å². The molecule has 1 aromatic rings. The molecule has 5 heteroatoms. The van der Waals surface area contributed by atoms with Crippen LogP contribution in [-0.4, -0.2) is 42.3 Å². The molecule has 2 aliphatic rings. The summed E-state index contributed by atoms with van der Waals surface area (Å²) in [6.07, 6.45) is 5.02. The Hall–Kier alpha value is -0.320. The van der Waals surface area contributed by atoms with E-state index in [0.717, 1.165) is 68.3 Å². The first-order chi connectivity index (χ1) is 10.6. The van der Waals surface area contributed by atoms with E-state index in [1.54, 1.807) is 0 Å². The smallest absolute Gasteiger partial charge is 0.0564 e. The minimum absolute atomic E-state index is 0.0844. The zero-order valence-corrected chi connectivity index (χ0v) is 14.3. The van der Waals surface area contributed by atoms with Gasteiger partial charge in [-0.1, -0.05) is 23.2 Å². The van der Waals surface area contributed by atoms with Gasteiger partial charge >= 0.3 is 0 Å². The molecule has 22 heavy (non-hydrogen) atoms. The van der Waals surface area contributed by atoms with Crippen molar-refractivity contribution in [3.05, 3.63) is 33.3 Å². The van der Waals surface area contributed by atoms with Crippen LogP contribution >= 0.6 is 23.2 Å². The maximum Gasteiger partial charge on any atom is 0.0564 e. The molecule has 1 aliphatic carbocycles. The van der Waals surface area contributed by atoms with E-state index in [2.05, 4.69) is 16.3 Å². The van der Waals surface area contributed by atoms with Crippen molar-refractivity contribution in [2.75, 3.05) is 26.2 Å². The topological polar surface area (TPSA) is 35.5 Å². The highest BCUT2D eigenvalue weighted by molar-refractivity contribution is 6.35. The van der Waals surface area contributed by atoms with Crippen LogP contribution in [0.15, 0.2) is 12.1 Å². The fourth-order valence-corrected chi connectivity index (χ4v) is 4.18. The van der Waals surface area contributed by atoms with Gasteiger partial charge < -0.3 is 15.3 Å². The molecule has 1 heterocycles. The first kappa shape index (κ1) is 16.5. The van der Waals surface area contributed by atoms with Crippen molar-refractivity contribution in [3.8, 4) is 0 Å². The molecule has 1 atom stereocenters. The Morgan fingerprint density at radius 3 is 2.73 bits per heavy atom. The number of benzene rings is 1. The van der Waals surface area contributed by atoms with Crippen LogP contribution in [0.4, 0.5) is 0 Å². The molecule has 0 spiro atoms. The molecule has 1 aromatic carbocycles. The van der Waals surface area contributed by atoms with Crippen LogP contribution in [0, 0.1) is 0 Å². The molecule has 0 radical (unpaired) electrons. The number of aliphatic hydroxyl groups is 1. The Labute approximate surface area is 142 Å². The maximum atomic E-state index is 9.52. The first-order valence-electron chi connectivity index (χ1n) is 8.25. The number of hydrogen-bond donors (Lipinski definition) is 2. The number of likely N-dealkylation sites (tertiary alicyclic amines) is 1. The molecule has 2 N–H and O–H groups in total. The Balaban J connectivity index is 1.44. The molecule has 0 amide bonds. The monoisotopic (exact) mass is 342 g/mol. The standard InChI is InChI=1S/C17H24Cl2N2O/c18-12-10-15-14(16(19)11-12)2-3-17(15)20-6-1-7-21-8-4-13(22)5-9-21/h10-11,13,17,20,22H,1-9H2. The summed E-state index contributed by atoms with van der Waals surface area (Å²) in [4.78, 5) is 2.45.